The maximum absolute atomic E-state index is 5.44. The molecule has 24 heavy (non-hydrogen) atoms. The highest BCUT2D eigenvalue weighted by Crippen LogP contribution is 2.19. The van der Waals surface area contributed by atoms with E-state index in [1.165, 1.54) is 0 Å². The van der Waals surface area contributed by atoms with Crippen molar-refractivity contribution in [2.24, 2.45) is 0 Å². The highest BCUT2D eigenvalue weighted by molar-refractivity contribution is 5.34. The molecule has 3 aromatic rings. The topological polar surface area (TPSA) is 72.0 Å². The van der Waals surface area contributed by atoms with E-state index in [1.807, 2.05) is 29.1 Å². The van der Waals surface area contributed by atoms with Gasteiger partial charge in [-0.1, -0.05) is 17.3 Å². The molecule has 0 bridgehead atoms. The molecule has 3 heterocycles. The zero-order chi connectivity index (χ0) is 16.4. The predicted molar refractivity (Wildman–Crippen MR) is 88.9 cm³/mol. The maximum Gasteiger partial charge on any atom is 0.231 e. The first-order valence-corrected chi connectivity index (χ1v) is 8.12. The van der Waals surface area contributed by atoms with Crippen LogP contribution < -0.4 is 5.32 Å². The third-order valence-corrected chi connectivity index (χ3v) is 4.35. The highest BCUT2D eigenvalue weighted by atomic mass is 16.5. The van der Waals surface area contributed by atoms with Crippen LogP contribution in [0.5, 0.6) is 0 Å². The molecule has 7 heteroatoms. The molecule has 1 aromatic carbocycles. The molecule has 0 aliphatic carbocycles. The Kier molecular flexibility index (Phi) is 4.10. The lowest BCUT2D eigenvalue weighted by molar-refractivity contribution is 0.190. The number of hydrogen-bond acceptors (Lipinski definition) is 6. The summed E-state index contributed by atoms with van der Waals surface area (Å²) >= 11 is 0. The van der Waals surface area contributed by atoms with Gasteiger partial charge >= 0.3 is 0 Å². The van der Waals surface area contributed by atoms with Crippen molar-refractivity contribution in [1.29, 1.82) is 0 Å². The van der Waals surface area contributed by atoms with Crippen molar-refractivity contribution in [3.8, 4) is 5.69 Å². The molecular weight excluding hydrogens is 304 g/mol. The SMILES string of the molecule is CN1CCNCC1c1noc(Cc2ccc(-n3cccn3)cc2)n1. The van der Waals surface area contributed by atoms with E-state index in [0.29, 0.717) is 12.3 Å². The Labute approximate surface area is 140 Å². The third-order valence-electron chi connectivity index (χ3n) is 4.35. The number of nitrogens with zero attached hydrogens (tertiary/aromatic N) is 5. The Morgan fingerprint density at radius 1 is 1.29 bits per heavy atom. The van der Waals surface area contributed by atoms with Gasteiger partial charge in [-0.15, -0.1) is 0 Å². The molecule has 1 fully saturated rings. The molecule has 1 aliphatic rings. The van der Waals surface area contributed by atoms with Crippen LogP contribution in [0.2, 0.25) is 0 Å². The van der Waals surface area contributed by atoms with Gasteiger partial charge in [0.05, 0.1) is 18.2 Å². The second kappa shape index (κ2) is 6.54. The van der Waals surface area contributed by atoms with E-state index in [1.54, 1.807) is 6.20 Å². The van der Waals surface area contributed by atoms with Gasteiger partial charge in [0.2, 0.25) is 5.89 Å². The average Bonchev–Trinajstić information content (AvgIpc) is 3.28. The minimum absolute atomic E-state index is 0.179. The van der Waals surface area contributed by atoms with Crippen molar-refractivity contribution in [3.05, 3.63) is 60.0 Å². The van der Waals surface area contributed by atoms with Crippen molar-refractivity contribution in [2.75, 3.05) is 26.7 Å². The van der Waals surface area contributed by atoms with Gasteiger partial charge in [0.25, 0.3) is 0 Å². The first-order valence-electron chi connectivity index (χ1n) is 8.12. The normalized spacial score (nSPS) is 18.8. The molecule has 1 atom stereocenters. The van der Waals surface area contributed by atoms with Crippen LogP contribution in [-0.2, 0) is 6.42 Å². The second-order valence-electron chi connectivity index (χ2n) is 6.04. The lowest BCUT2D eigenvalue weighted by Gasteiger charge is -2.30. The Hall–Kier alpha value is -2.51. The van der Waals surface area contributed by atoms with E-state index in [9.17, 15) is 0 Å². The number of aromatic nitrogens is 4. The van der Waals surface area contributed by atoms with Crippen molar-refractivity contribution in [2.45, 2.75) is 12.5 Å². The molecule has 1 saturated heterocycles. The number of benzene rings is 1. The number of rotatable bonds is 4. The number of hydrogen-bond donors (Lipinski definition) is 1. The van der Waals surface area contributed by atoms with Crippen LogP contribution in [0.3, 0.4) is 0 Å². The largest absolute Gasteiger partial charge is 0.339 e. The zero-order valence-electron chi connectivity index (χ0n) is 13.6. The molecular formula is C17H20N6O. The molecule has 0 saturated carbocycles. The van der Waals surface area contributed by atoms with E-state index >= 15 is 0 Å². The smallest absolute Gasteiger partial charge is 0.231 e. The fourth-order valence-electron chi connectivity index (χ4n) is 2.93. The van der Waals surface area contributed by atoms with Gasteiger partial charge in [0, 0.05) is 32.0 Å². The fourth-order valence-corrected chi connectivity index (χ4v) is 2.93. The average molecular weight is 324 g/mol. The van der Waals surface area contributed by atoms with Crippen LogP contribution in [0, 0.1) is 0 Å². The summed E-state index contributed by atoms with van der Waals surface area (Å²) in [5, 5.41) is 11.8. The van der Waals surface area contributed by atoms with Crippen molar-refractivity contribution in [1.82, 2.24) is 30.1 Å². The van der Waals surface area contributed by atoms with Crippen LogP contribution in [0.4, 0.5) is 0 Å². The van der Waals surface area contributed by atoms with E-state index in [2.05, 4.69) is 44.6 Å². The number of nitrogens with one attached hydrogen (secondary N) is 1. The third kappa shape index (κ3) is 3.08. The quantitative estimate of drug-likeness (QED) is 0.782. The van der Waals surface area contributed by atoms with Crippen LogP contribution in [0.15, 0.2) is 47.2 Å². The standard InChI is InChI=1S/C17H20N6O/c1-22-10-8-18-12-15(22)17-20-16(24-21-17)11-13-3-5-14(6-4-13)23-9-2-7-19-23/h2-7,9,15,18H,8,10-12H2,1H3. The van der Waals surface area contributed by atoms with Gasteiger partial charge in [-0.3, -0.25) is 4.90 Å². The molecule has 1 unspecified atom stereocenters. The molecule has 4 rings (SSSR count). The van der Waals surface area contributed by atoms with Crippen LogP contribution >= 0.6 is 0 Å². The Morgan fingerprint density at radius 3 is 2.92 bits per heavy atom. The Balaban J connectivity index is 1.46. The van der Waals surface area contributed by atoms with E-state index in [0.717, 1.165) is 36.7 Å². The molecule has 2 aromatic heterocycles. The lowest BCUT2D eigenvalue weighted by atomic mass is 10.1. The van der Waals surface area contributed by atoms with Crippen molar-refractivity contribution >= 4 is 0 Å². The van der Waals surface area contributed by atoms with Gasteiger partial charge in [-0.2, -0.15) is 10.1 Å². The summed E-state index contributed by atoms with van der Waals surface area (Å²) in [4.78, 5) is 6.83. The Bertz CT molecular complexity index is 780. The van der Waals surface area contributed by atoms with Gasteiger partial charge < -0.3 is 9.84 Å². The van der Waals surface area contributed by atoms with Gasteiger partial charge in [0.15, 0.2) is 5.82 Å². The van der Waals surface area contributed by atoms with Gasteiger partial charge in [0.1, 0.15) is 0 Å². The first-order chi connectivity index (χ1) is 11.8. The first kappa shape index (κ1) is 15.0. The summed E-state index contributed by atoms with van der Waals surface area (Å²) in [6.07, 6.45) is 4.33. The van der Waals surface area contributed by atoms with E-state index in [-0.39, 0.29) is 6.04 Å². The monoisotopic (exact) mass is 324 g/mol. The van der Waals surface area contributed by atoms with Crippen molar-refractivity contribution in [3.63, 3.8) is 0 Å². The fraction of sp³-hybridized carbons (Fsp3) is 0.353. The number of likely N-dealkylation sites (N-methyl/N-ethyl adjacent to an activating group) is 1. The molecule has 1 N–H and O–H groups in total. The molecule has 7 nitrogen and oxygen atoms in total. The minimum Gasteiger partial charge on any atom is -0.339 e. The van der Waals surface area contributed by atoms with Crippen molar-refractivity contribution < 1.29 is 4.52 Å². The molecule has 1 aliphatic heterocycles. The molecule has 0 radical (unpaired) electrons. The maximum atomic E-state index is 5.44. The Morgan fingerprint density at radius 2 is 2.17 bits per heavy atom. The second-order valence-corrected chi connectivity index (χ2v) is 6.04. The molecule has 124 valence electrons. The summed E-state index contributed by atoms with van der Waals surface area (Å²) in [6, 6.07) is 10.3. The van der Waals surface area contributed by atoms with Crippen LogP contribution in [0.1, 0.15) is 23.3 Å². The lowest BCUT2D eigenvalue weighted by Crippen LogP contribution is -2.44. The van der Waals surface area contributed by atoms with Gasteiger partial charge in [-0.05, 0) is 30.8 Å². The zero-order valence-corrected chi connectivity index (χ0v) is 13.6. The minimum atomic E-state index is 0.179. The predicted octanol–water partition coefficient (Wildman–Crippen LogP) is 1.42. The van der Waals surface area contributed by atoms with E-state index < -0.39 is 0 Å². The van der Waals surface area contributed by atoms with Crippen LogP contribution in [-0.4, -0.2) is 51.5 Å². The summed E-state index contributed by atoms with van der Waals surface area (Å²) in [7, 11) is 2.09. The number of piperazine rings is 1. The highest BCUT2D eigenvalue weighted by Gasteiger charge is 2.25. The summed E-state index contributed by atoms with van der Waals surface area (Å²) in [5.41, 5.74) is 2.17. The van der Waals surface area contributed by atoms with E-state index in [4.69, 9.17) is 4.52 Å². The molecule has 0 amide bonds. The summed E-state index contributed by atoms with van der Waals surface area (Å²) in [6.45, 7) is 2.85. The van der Waals surface area contributed by atoms with Crippen LogP contribution in [0.25, 0.3) is 5.69 Å². The van der Waals surface area contributed by atoms with Gasteiger partial charge in [-0.25, -0.2) is 4.68 Å². The summed E-state index contributed by atoms with van der Waals surface area (Å²) < 4.78 is 7.27. The molecule has 0 spiro atoms. The summed E-state index contributed by atoms with van der Waals surface area (Å²) in [5.74, 6) is 1.41.